The van der Waals surface area contributed by atoms with Crippen LogP contribution in [0.2, 0.25) is 5.02 Å². The van der Waals surface area contributed by atoms with Gasteiger partial charge in [-0.2, -0.15) is 0 Å². The first-order chi connectivity index (χ1) is 8.65. The minimum Gasteiger partial charge on any atom is -0.469 e. The molecule has 0 aliphatic heterocycles. The first-order valence-corrected chi connectivity index (χ1v) is 6.25. The van der Waals surface area contributed by atoms with Gasteiger partial charge in [0.15, 0.2) is 0 Å². The Balaban J connectivity index is 1.86. The molecule has 1 aromatic heterocycles. The van der Waals surface area contributed by atoms with E-state index in [1.165, 1.54) is 6.07 Å². The number of rotatable bonds is 5. The summed E-state index contributed by atoms with van der Waals surface area (Å²) >= 11 is 5.63. The fourth-order valence-corrected chi connectivity index (χ4v) is 1.97. The summed E-state index contributed by atoms with van der Waals surface area (Å²) in [5.74, 6) is 0.528. The molecule has 4 heteroatoms. The molecule has 18 heavy (non-hydrogen) atoms. The lowest BCUT2D eigenvalue weighted by Gasteiger charge is -2.11. The molecule has 0 aliphatic carbocycles. The largest absolute Gasteiger partial charge is 0.469 e. The van der Waals surface area contributed by atoms with E-state index in [-0.39, 0.29) is 11.1 Å². The number of furan rings is 1. The molecule has 0 saturated carbocycles. The summed E-state index contributed by atoms with van der Waals surface area (Å²) in [6.45, 7) is 0. The highest BCUT2D eigenvalue weighted by atomic mass is 35.5. The van der Waals surface area contributed by atoms with Gasteiger partial charge in [-0.05, 0) is 42.7 Å². The van der Waals surface area contributed by atoms with Crippen LogP contribution in [0.1, 0.15) is 17.7 Å². The highest BCUT2D eigenvalue weighted by molar-refractivity contribution is 6.30. The summed E-state index contributed by atoms with van der Waals surface area (Å²) in [4.78, 5) is 0. The third-order valence-electron chi connectivity index (χ3n) is 2.82. The molecule has 1 heterocycles. The molecule has 0 bridgehead atoms. The number of nitrogens with two attached hydrogens (primary N) is 1. The van der Waals surface area contributed by atoms with Crippen molar-refractivity contribution in [2.75, 3.05) is 0 Å². The number of benzene rings is 1. The molecule has 0 fully saturated rings. The lowest BCUT2D eigenvalue weighted by Crippen LogP contribution is -2.23. The van der Waals surface area contributed by atoms with Crippen molar-refractivity contribution in [1.82, 2.24) is 0 Å². The second-order valence-corrected chi connectivity index (χ2v) is 4.74. The van der Waals surface area contributed by atoms with Crippen LogP contribution in [0.15, 0.2) is 41.0 Å². The maximum Gasteiger partial charge on any atom is 0.142 e. The predicted molar refractivity (Wildman–Crippen MR) is 70.1 cm³/mol. The van der Waals surface area contributed by atoms with Crippen LogP contribution < -0.4 is 5.73 Å². The highest BCUT2D eigenvalue weighted by Gasteiger charge is 2.08. The van der Waals surface area contributed by atoms with E-state index < -0.39 is 5.82 Å². The minimum atomic E-state index is -0.396. The van der Waals surface area contributed by atoms with Gasteiger partial charge in [0.05, 0.1) is 11.3 Å². The van der Waals surface area contributed by atoms with Gasteiger partial charge < -0.3 is 10.2 Å². The van der Waals surface area contributed by atoms with Crippen molar-refractivity contribution in [2.24, 2.45) is 5.73 Å². The first kappa shape index (κ1) is 13.1. The first-order valence-electron chi connectivity index (χ1n) is 5.87. The van der Waals surface area contributed by atoms with Gasteiger partial charge in [-0.15, -0.1) is 0 Å². The summed E-state index contributed by atoms with van der Waals surface area (Å²) < 4.78 is 18.5. The van der Waals surface area contributed by atoms with E-state index in [1.807, 2.05) is 12.1 Å². The van der Waals surface area contributed by atoms with Crippen LogP contribution in [-0.2, 0) is 12.8 Å². The topological polar surface area (TPSA) is 39.2 Å². The molecule has 0 saturated heterocycles. The van der Waals surface area contributed by atoms with Gasteiger partial charge in [-0.25, -0.2) is 4.39 Å². The van der Waals surface area contributed by atoms with Gasteiger partial charge in [-0.1, -0.05) is 17.7 Å². The average molecular weight is 268 g/mol. The predicted octanol–water partition coefficient (Wildman–Crippen LogP) is 3.57. The van der Waals surface area contributed by atoms with E-state index in [0.717, 1.165) is 24.2 Å². The molecule has 0 spiro atoms. The van der Waals surface area contributed by atoms with Crippen molar-refractivity contribution >= 4 is 11.6 Å². The SMILES string of the molecule is NC(CCc1ccco1)Cc1ccc(Cl)c(F)c1. The molecule has 1 unspecified atom stereocenters. The van der Waals surface area contributed by atoms with Gasteiger partial charge in [-0.3, -0.25) is 0 Å². The second-order valence-electron chi connectivity index (χ2n) is 4.33. The van der Waals surface area contributed by atoms with Gasteiger partial charge in [0.2, 0.25) is 0 Å². The summed E-state index contributed by atoms with van der Waals surface area (Å²) in [6, 6.07) is 8.57. The van der Waals surface area contributed by atoms with Gasteiger partial charge in [0.25, 0.3) is 0 Å². The molecule has 1 atom stereocenters. The van der Waals surface area contributed by atoms with Crippen LogP contribution in [0.4, 0.5) is 4.39 Å². The van der Waals surface area contributed by atoms with Crippen molar-refractivity contribution in [1.29, 1.82) is 0 Å². The average Bonchev–Trinajstić information content (AvgIpc) is 2.84. The summed E-state index contributed by atoms with van der Waals surface area (Å²) in [7, 11) is 0. The molecule has 2 aromatic rings. The van der Waals surface area contributed by atoms with E-state index in [2.05, 4.69) is 0 Å². The molecule has 0 radical (unpaired) electrons. The minimum absolute atomic E-state index is 0.0179. The molecule has 2 rings (SSSR count). The Morgan fingerprint density at radius 2 is 2.17 bits per heavy atom. The fourth-order valence-electron chi connectivity index (χ4n) is 1.85. The van der Waals surface area contributed by atoms with E-state index in [1.54, 1.807) is 18.4 Å². The normalized spacial score (nSPS) is 12.6. The molecule has 0 amide bonds. The Labute approximate surface area is 111 Å². The summed E-state index contributed by atoms with van der Waals surface area (Å²) in [5, 5.41) is 0.142. The number of hydrogen-bond donors (Lipinski definition) is 1. The maximum atomic E-state index is 13.3. The summed E-state index contributed by atoms with van der Waals surface area (Å²) in [5.41, 5.74) is 6.88. The molecule has 2 nitrogen and oxygen atoms in total. The fraction of sp³-hybridized carbons (Fsp3) is 0.286. The van der Waals surface area contributed by atoms with Crippen LogP contribution in [0.5, 0.6) is 0 Å². The van der Waals surface area contributed by atoms with Crippen molar-refractivity contribution in [2.45, 2.75) is 25.3 Å². The van der Waals surface area contributed by atoms with E-state index in [0.29, 0.717) is 6.42 Å². The molecular weight excluding hydrogens is 253 g/mol. The quantitative estimate of drug-likeness (QED) is 0.899. The van der Waals surface area contributed by atoms with Gasteiger partial charge in [0.1, 0.15) is 11.6 Å². The smallest absolute Gasteiger partial charge is 0.142 e. The Bertz CT molecular complexity index is 499. The van der Waals surface area contributed by atoms with Crippen molar-refractivity contribution in [3.8, 4) is 0 Å². The van der Waals surface area contributed by atoms with Crippen LogP contribution in [-0.4, -0.2) is 6.04 Å². The van der Waals surface area contributed by atoms with E-state index in [4.69, 9.17) is 21.8 Å². The molecular formula is C14H15ClFNO. The Morgan fingerprint density at radius 3 is 2.83 bits per heavy atom. The summed E-state index contributed by atoms with van der Waals surface area (Å²) in [6.07, 6.45) is 3.88. The molecule has 2 N–H and O–H groups in total. The second kappa shape index (κ2) is 6.03. The van der Waals surface area contributed by atoms with Crippen molar-refractivity contribution < 1.29 is 8.81 Å². The number of aryl methyl sites for hydroxylation is 1. The zero-order valence-electron chi connectivity index (χ0n) is 9.90. The highest BCUT2D eigenvalue weighted by Crippen LogP contribution is 2.17. The zero-order valence-corrected chi connectivity index (χ0v) is 10.7. The third kappa shape index (κ3) is 3.59. The standard InChI is InChI=1S/C14H15ClFNO/c15-13-6-3-10(9-14(13)16)8-11(17)4-5-12-2-1-7-18-12/h1-3,6-7,9,11H,4-5,8,17H2. The third-order valence-corrected chi connectivity index (χ3v) is 3.13. The van der Waals surface area contributed by atoms with Crippen LogP contribution in [0, 0.1) is 5.82 Å². The van der Waals surface area contributed by atoms with Crippen molar-refractivity contribution in [3.63, 3.8) is 0 Å². The Kier molecular flexibility index (Phi) is 4.39. The number of hydrogen-bond acceptors (Lipinski definition) is 2. The monoisotopic (exact) mass is 267 g/mol. The Hall–Kier alpha value is -1.32. The van der Waals surface area contributed by atoms with Crippen LogP contribution in [0.25, 0.3) is 0 Å². The van der Waals surface area contributed by atoms with E-state index in [9.17, 15) is 4.39 Å². The van der Waals surface area contributed by atoms with Crippen LogP contribution in [0.3, 0.4) is 0 Å². The molecule has 1 aromatic carbocycles. The Morgan fingerprint density at radius 1 is 1.33 bits per heavy atom. The number of halogens is 2. The lowest BCUT2D eigenvalue weighted by molar-refractivity contribution is 0.483. The molecule has 96 valence electrons. The van der Waals surface area contributed by atoms with Crippen LogP contribution >= 0.6 is 11.6 Å². The lowest BCUT2D eigenvalue weighted by atomic mass is 10.0. The zero-order chi connectivity index (χ0) is 13.0. The van der Waals surface area contributed by atoms with Gasteiger partial charge in [0, 0.05) is 12.5 Å². The van der Waals surface area contributed by atoms with E-state index >= 15 is 0 Å². The molecule has 0 aliphatic rings. The van der Waals surface area contributed by atoms with Gasteiger partial charge >= 0.3 is 0 Å². The maximum absolute atomic E-state index is 13.3. The van der Waals surface area contributed by atoms with Crippen molar-refractivity contribution in [3.05, 3.63) is 58.8 Å².